The first-order valence-corrected chi connectivity index (χ1v) is 5.13. The molecule has 0 unspecified atom stereocenters. The number of hydrogen-bond acceptors (Lipinski definition) is 0. The molecule has 0 aromatic heterocycles. The van der Waals surface area contributed by atoms with Crippen LogP contribution >= 0.6 is 0 Å². The van der Waals surface area contributed by atoms with Crippen LogP contribution in [0.25, 0.3) is 0 Å². The molecule has 0 aliphatic carbocycles. The van der Waals surface area contributed by atoms with Crippen molar-refractivity contribution in [3.63, 3.8) is 0 Å². The molecule has 0 bridgehead atoms. The Morgan fingerprint density at radius 2 is 2.00 bits per heavy atom. The summed E-state index contributed by atoms with van der Waals surface area (Å²) in [5.74, 6) is 1.83. The highest BCUT2D eigenvalue weighted by Crippen LogP contribution is 2.27. The summed E-state index contributed by atoms with van der Waals surface area (Å²) in [6.45, 7) is 12.5. The number of hydrogen-bond donors (Lipinski definition) is 0. The summed E-state index contributed by atoms with van der Waals surface area (Å²) in [5.41, 5.74) is 4.06. The first kappa shape index (κ1) is 11.0. The number of rotatable bonds is 3. The smallest absolute Gasteiger partial charge is 0.0233 e. The lowest BCUT2D eigenvalue weighted by Crippen LogP contribution is -2.00. The van der Waals surface area contributed by atoms with Crippen molar-refractivity contribution in [1.82, 2.24) is 0 Å². The summed E-state index contributed by atoms with van der Waals surface area (Å²) < 4.78 is 0. The summed E-state index contributed by atoms with van der Waals surface area (Å²) >= 11 is 0. The van der Waals surface area contributed by atoms with Crippen LogP contribution < -0.4 is 0 Å². The standard InChI is InChI=1S/C14H19/c1-6-12(5)14-9-11(4)7-8-13(14)10(2)3/h6-10H,1H2,2-5H3. The lowest BCUT2D eigenvalue weighted by Gasteiger charge is -2.16. The molecular formula is C14H19. The monoisotopic (exact) mass is 187 g/mol. The molecule has 0 aliphatic heterocycles. The van der Waals surface area contributed by atoms with E-state index in [2.05, 4.69) is 52.5 Å². The SMILES string of the molecule is C=C[C](C)c1cc(C)ccc1C(C)C. The predicted molar refractivity (Wildman–Crippen MR) is 63.5 cm³/mol. The average Bonchev–Trinajstić information content (AvgIpc) is 2.16. The topological polar surface area (TPSA) is 0 Å². The average molecular weight is 187 g/mol. The molecule has 75 valence electrons. The summed E-state index contributed by atoms with van der Waals surface area (Å²) in [6.07, 6.45) is 1.93. The minimum Gasteiger partial charge on any atom is -0.102 e. The quantitative estimate of drug-likeness (QED) is 0.663. The molecule has 1 aromatic rings. The Kier molecular flexibility index (Phi) is 3.51. The van der Waals surface area contributed by atoms with Gasteiger partial charge in [-0.15, -0.1) is 6.58 Å². The minimum atomic E-state index is 0.570. The van der Waals surface area contributed by atoms with Crippen molar-refractivity contribution < 1.29 is 0 Å². The van der Waals surface area contributed by atoms with Crippen LogP contribution in [-0.2, 0) is 0 Å². The summed E-state index contributed by atoms with van der Waals surface area (Å²) in [4.78, 5) is 0. The van der Waals surface area contributed by atoms with Gasteiger partial charge in [0, 0.05) is 5.92 Å². The molecule has 0 fully saturated rings. The van der Waals surface area contributed by atoms with Gasteiger partial charge >= 0.3 is 0 Å². The third-order valence-corrected chi connectivity index (χ3v) is 2.56. The van der Waals surface area contributed by atoms with Crippen LogP contribution in [0.3, 0.4) is 0 Å². The molecule has 1 rings (SSSR count). The van der Waals surface area contributed by atoms with E-state index in [9.17, 15) is 0 Å². The molecule has 0 heterocycles. The van der Waals surface area contributed by atoms with Crippen LogP contribution in [0.2, 0.25) is 0 Å². The molecule has 0 N–H and O–H groups in total. The fraction of sp³-hybridized carbons (Fsp3) is 0.357. The Hall–Kier alpha value is -1.04. The van der Waals surface area contributed by atoms with E-state index in [0.29, 0.717) is 5.92 Å². The van der Waals surface area contributed by atoms with E-state index in [-0.39, 0.29) is 0 Å². The van der Waals surface area contributed by atoms with Crippen molar-refractivity contribution in [3.8, 4) is 0 Å². The fourth-order valence-electron chi connectivity index (χ4n) is 1.63. The van der Waals surface area contributed by atoms with E-state index in [0.717, 1.165) is 0 Å². The Morgan fingerprint density at radius 1 is 1.36 bits per heavy atom. The Bertz CT molecular complexity index is 321. The minimum absolute atomic E-state index is 0.570. The van der Waals surface area contributed by atoms with E-state index in [1.54, 1.807) is 0 Å². The van der Waals surface area contributed by atoms with Gasteiger partial charge in [0.15, 0.2) is 0 Å². The molecular weight excluding hydrogens is 168 g/mol. The maximum absolute atomic E-state index is 3.83. The maximum atomic E-state index is 3.83. The van der Waals surface area contributed by atoms with Crippen molar-refractivity contribution in [1.29, 1.82) is 0 Å². The molecule has 0 atom stereocenters. The van der Waals surface area contributed by atoms with E-state index >= 15 is 0 Å². The largest absolute Gasteiger partial charge is 0.102 e. The molecule has 1 aromatic carbocycles. The summed E-state index contributed by atoms with van der Waals surface area (Å²) in [5, 5.41) is 0. The van der Waals surface area contributed by atoms with Crippen molar-refractivity contribution in [2.45, 2.75) is 33.6 Å². The van der Waals surface area contributed by atoms with Gasteiger partial charge < -0.3 is 0 Å². The predicted octanol–water partition coefficient (Wildman–Crippen LogP) is 4.25. The molecule has 0 saturated carbocycles. The van der Waals surface area contributed by atoms with Crippen molar-refractivity contribution >= 4 is 0 Å². The van der Waals surface area contributed by atoms with E-state index < -0.39 is 0 Å². The maximum Gasteiger partial charge on any atom is 0.0233 e. The van der Waals surface area contributed by atoms with Gasteiger partial charge in [0.25, 0.3) is 0 Å². The molecule has 0 saturated heterocycles. The molecule has 0 heteroatoms. The number of allylic oxidation sites excluding steroid dienone is 1. The lowest BCUT2D eigenvalue weighted by molar-refractivity contribution is 0.852. The number of aryl methyl sites for hydroxylation is 1. The molecule has 0 amide bonds. The highest BCUT2D eigenvalue weighted by atomic mass is 14.1. The van der Waals surface area contributed by atoms with Crippen LogP contribution in [0.15, 0.2) is 30.9 Å². The highest BCUT2D eigenvalue weighted by Gasteiger charge is 2.10. The zero-order chi connectivity index (χ0) is 10.7. The fourth-order valence-corrected chi connectivity index (χ4v) is 1.63. The van der Waals surface area contributed by atoms with Gasteiger partial charge in [-0.2, -0.15) is 0 Å². The molecule has 0 nitrogen and oxygen atoms in total. The van der Waals surface area contributed by atoms with Crippen LogP contribution in [0, 0.1) is 12.8 Å². The third-order valence-electron chi connectivity index (χ3n) is 2.56. The third kappa shape index (κ3) is 2.25. The van der Waals surface area contributed by atoms with Crippen LogP contribution in [0.5, 0.6) is 0 Å². The van der Waals surface area contributed by atoms with Gasteiger partial charge in [-0.1, -0.05) is 50.6 Å². The molecule has 0 spiro atoms. The van der Waals surface area contributed by atoms with Gasteiger partial charge in [0.1, 0.15) is 0 Å². The Morgan fingerprint density at radius 3 is 2.50 bits per heavy atom. The second-order valence-electron chi connectivity index (χ2n) is 4.13. The second kappa shape index (κ2) is 4.45. The van der Waals surface area contributed by atoms with Gasteiger partial charge in [0.2, 0.25) is 0 Å². The van der Waals surface area contributed by atoms with Crippen molar-refractivity contribution in [2.75, 3.05) is 0 Å². The highest BCUT2D eigenvalue weighted by molar-refractivity contribution is 5.45. The Balaban J connectivity index is 3.22. The van der Waals surface area contributed by atoms with E-state index in [1.165, 1.54) is 22.6 Å². The molecule has 1 radical (unpaired) electrons. The summed E-state index contributed by atoms with van der Waals surface area (Å²) in [6, 6.07) is 6.64. The van der Waals surface area contributed by atoms with Gasteiger partial charge in [-0.25, -0.2) is 0 Å². The molecule has 14 heavy (non-hydrogen) atoms. The molecule has 0 aliphatic rings. The second-order valence-corrected chi connectivity index (χ2v) is 4.13. The first-order valence-electron chi connectivity index (χ1n) is 5.13. The van der Waals surface area contributed by atoms with Crippen LogP contribution in [0.4, 0.5) is 0 Å². The van der Waals surface area contributed by atoms with E-state index in [1.807, 2.05) is 6.08 Å². The normalized spacial score (nSPS) is 11.0. The zero-order valence-corrected chi connectivity index (χ0v) is 9.59. The lowest BCUT2D eigenvalue weighted by atomic mass is 9.88. The number of benzene rings is 1. The first-order chi connectivity index (χ1) is 6.56. The van der Waals surface area contributed by atoms with Gasteiger partial charge in [0.05, 0.1) is 0 Å². The van der Waals surface area contributed by atoms with E-state index in [4.69, 9.17) is 0 Å². The van der Waals surface area contributed by atoms with Gasteiger partial charge in [-0.05, 0) is 24.0 Å². The van der Waals surface area contributed by atoms with Crippen LogP contribution in [-0.4, -0.2) is 0 Å². The van der Waals surface area contributed by atoms with Crippen molar-refractivity contribution in [2.24, 2.45) is 0 Å². The summed E-state index contributed by atoms with van der Waals surface area (Å²) in [7, 11) is 0. The Labute approximate surface area is 87.7 Å². The zero-order valence-electron chi connectivity index (χ0n) is 9.59. The van der Waals surface area contributed by atoms with Crippen molar-refractivity contribution in [3.05, 3.63) is 53.5 Å². The van der Waals surface area contributed by atoms with Crippen LogP contribution in [0.1, 0.15) is 43.4 Å². The van der Waals surface area contributed by atoms with Gasteiger partial charge in [-0.3, -0.25) is 0 Å².